The van der Waals surface area contributed by atoms with Crippen molar-refractivity contribution in [2.24, 2.45) is 0 Å². The summed E-state index contributed by atoms with van der Waals surface area (Å²) in [4.78, 5) is 0. The van der Waals surface area contributed by atoms with Gasteiger partial charge in [-0.25, -0.2) is 0 Å². The number of methoxy groups -OCH3 is 1. The molecule has 0 amide bonds. The fourth-order valence-electron chi connectivity index (χ4n) is 1.99. The molecule has 0 aliphatic rings. The second-order valence-electron chi connectivity index (χ2n) is 4.94. The van der Waals surface area contributed by atoms with Crippen LogP contribution >= 0.6 is 11.6 Å². The van der Waals surface area contributed by atoms with E-state index in [4.69, 9.17) is 16.3 Å². The zero-order chi connectivity index (χ0) is 13.7. The highest BCUT2D eigenvalue weighted by Gasteiger charge is 2.22. The van der Waals surface area contributed by atoms with Crippen molar-refractivity contribution in [1.82, 2.24) is 15.1 Å². The van der Waals surface area contributed by atoms with E-state index in [0.717, 1.165) is 17.3 Å². The quantitative estimate of drug-likeness (QED) is 0.777. The molecule has 0 fully saturated rings. The van der Waals surface area contributed by atoms with Crippen molar-refractivity contribution in [3.05, 3.63) is 16.9 Å². The maximum absolute atomic E-state index is 6.25. The molecule has 1 aromatic heterocycles. The number of aromatic nitrogens is 2. The zero-order valence-electron chi connectivity index (χ0n) is 11.9. The molecule has 104 valence electrons. The third-order valence-electron chi connectivity index (χ3n) is 3.23. The van der Waals surface area contributed by atoms with Gasteiger partial charge in [0, 0.05) is 31.7 Å². The first-order valence-corrected chi connectivity index (χ1v) is 6.82. The van der Waals surface area contributed by atoms with Gasteiger partial charge in [-0.1, -0.05) is 18.5 Å². The van der Waals surface area contributed by atoms with Gasteiger partial charge in [-0.3, -0.25) is 4.68 Å². The lowest BCUT2D eigenvalue weighted by atomic mass is 9.99. The number of halogens is 1. The van der Waals surface area contributed by atoms with E-state index in [9.17, 15) is 0 Å². The molecule has 1 rings (SSSR count). The average Bonchev–Trinajstić information content (AvgIpc) is 2.70. The van der Waals surface area contributed by atoms with E-state index in [1.807, 2.05) is 4.68 Å². The Morgan fingerprint density at radius 3 is 2.61 bits per heavy atom. The van der Waals surface area contributed by atoms with Gasteiger partial charge in [0.2, 0.25) is 0 Å². The molecule has 5 heteroatoms. The maximum Gasteiger partial charge on any atom is 0.0821 e. The lowest BCUT2D eigenvalue weighted by Gasteiger charge is -2.24. The summed E-state index contributed by atoms with van der Waals surface area (Å²) in [6.45, 7) is 10.1. The second kappa shape index (κ2) is 7.12. The van der Waals surface area contributed by atoms with Gasteiger partial charge < -0.3 is 10.1 Å². The fraction of sp³-hybridized carbons (Fsp3) is 0.769. The van der Waals surface area contributed by atoms with E-state index in [2.05, 4.69) is 38.1 Å². The van der Waals surface area contributed by atoms with Crippen LogP contribution in [0.25, 0.3) is 0 Å². The summed E-state index contributed by atoms with van der Waals surface area (Å²) in [5.74, 6) is 0.305. The first-order valence-electron chi connectivity index (χ1n) is 6.44. The number of hydrogen-bond donors (Lipinski definition) is 1. The normalized spacial score (nSPS) is 15.1. The minimum absolute atomic E-state index is 0.305. The Morgan fingerprint density at radius 2 is 2.06 bits per heavy atom. The molecular formula is C13H24ClN3O. The predicted molar refractivity (Wildman–Crippen MR) is 75.4 cm³/mol. The number of nitrogens with one attached hydrogen (secondary N) is 1. The van der Waals surface area contributed by atoms with Crippen molar-refractivity contribution in [2.45, 2.75) is 45.7 Å². The summed E-state index contributed by atoms with van der Waals surface area (Å²) in [5, 5.41) is 8.53. The monoisotopic (exact) mass is 273 g/mol. The van der Waals surface area contributed by atoms with Crippen molar-refractivity contribution < 1.29 is 4.74 Å². The van der Waals surface area contributed by atoms with Crippen LogP contribution in [0.2, 0.25) is 5.02 Å². The van der Waals surface area contributed by atoms with E-state index in [1.165, 1.54) is 0 Å². The molecule has 0 aliphatic carbocycles. The summed E-state index contributed by atoms with van der Waals surface area (Å²) in [6.07, 6.45) is 1.73. The van der Waals surface area contributed by atoms with Crippen molar-refractivity contribution >= 4 is 11.6 Å². The topological polar surface area (TPSA) is 39.1 Å². The first kappa shape index (κ1) is 15.5. The van der Waals surface area contributed by atoms with Gasteiger partial charge in [-0.15, -0.1) is 0 Å². The summed E-state index contributed by atoms with van der Waals surface area (Å²) < 4.78 is 7.04. The lowest BCUT2D eigenvalue weighted by molar-refractivity contribution is 0.194. The highest BCUT2D eigenvalue weighted by molar-refractivity contribution is 6.31. The number of rotatable bonds is 7. The first-order chi connectivity index (χ1) is 8.49. The van der Waals surface area contributed by atoms with E-state index < -0.39 is 0 Å². The summed E-state index contributed by atoms with van der Waals surface area (Å²) >= 11 is 6.25. The van der Waals surface area contributed by atoms with E-state index in [1.54, 1.807) is 13.3 Å². The number of hydrogen-bond acceptors (Lipinski definition) is 3. The molecule has 0 saturated heterocycles. The van der Waals surface area contributed by atoms with Crippen LogP contribution in [-0.2, 0) is 4.74 Å². The van der Waals surface area contributed by atoms with Crippen molar-refractivity contribution in [2.75, 3.05) is 20.3 Å². The van der Waals surface area contributed by atoms with Crippen LogP contribution in [0.1, 0.15) is 45.3 Å². The molecule has 0 bridgehead atoms. The predicted octanol–water partition coefficient (Wildman–Crippen LogP) is 2.85. The molecule has 0 aromatic carbocycles. The Labute approximate surface area is 115 Å². The highest BCUT2D eigenvalue weighted by Crippen LogP contribution is 2.28. The average molecular weight is 274 g/mol. The molecule has 1 heterocycles. The van der Waals surface area contributed by atoms with Gasteiger partial charge in [0.25, 0.3) is 0 Å². The standard InChI is InChI=1S/C13H24ClN3O/c1-9(2)17-13(12(14)8-16-17)10(3)11(4)15-6-7-18-5/h8-11,15H,6-7H2,1-5H3. The molecule has 0 aliphatic heterocycles. The molecule has 2 atom stereocenters. The van der Waals surface area contributed by atoms with Crippen molar-refractivity contribution in [3.63, 3.8) is 0 Å². The largest absolute Gasteiger partial charge is 0.383 e. The van der Waals surface area contributed by atoms with E-state index in [0.29, 0.717) is 24.6 Å². The summed E-state index contributed by atoms with van der Waals surface area (Å²) in [7, 11) is 1.71. The minimum Gasteiger partial charge on any atom is -0.383 e. The van der Waals surface area contributed by atoms with Crippen LogP contribution in [0.5, 0.6) is 0 Å². The van der Waals surface area contributed by atoms with Crippen LogP contribution in [0, 0.1) is 0 Å². The Bertz CT molecular complexity index is 365. The van der Waals surface area contributed by atoms with Crippen molar-refractivity contribution in [3.8, 4) is 0 Å². The summed E-state index contributed by atoms with van der Waals surface area (Å²) in [6, 6.07) is 0.646. The minimum atomic E-state index is 0.305. The maximum atomic E-state index is 6.25. The van der Waals surface area contributed by atoms with Crippen molar-refractivity contribution in [1.29, 1.82) is 0 Å². The van der Waals surface area contributed by atoms with Crippen LogP contribution < -0.4 is 5.32 Å². The van der Waals surface area contributed by atoms with Gasteiger partial charge in [0.05, 0.1) is 23.5 Å². The van der Waals surface area contributed by atoms with Gasteiger partial charge in [0.1, 0.15) is 0 Å². The third-order valence-corrected chi connectivity index (χ3v) is 3.52. The van der Waals surface area contributed by atoms with E-state index in [-0.39, 0.29) is 0 Å². The Balaban J connectivity index is 2.76. The SMILES string of the molecule is COCCNC(C)C(C)c1c(Cl)cnn1C(C)C. The molecule has 0 radical (unpaired) electrons. The van der Waals surface area contributed by atoms with E-state index >= 15 is 0 Å². The molecule has 1 aromatic rings. The molecule has 2 unspecified atom stereocenters. The summed E-state index contributed by atoms with van der Waals surface area (Å²) in [5.41, 5.74) is 1.10. The van der Waals surface area contributed by atoms with Gasteiger partial charge >= 0.3 is 0 Å². The number of ether oxygens (including phenoxy) is 1. The highest BCUT2D eigenvalue weighted by atomic mass is 35.5. The molecule has 0 saturated carbocycles. The van der Waals surface area contributed by atoms with Gasteiger partial charge in [-0.05, 0) is 20.8 Å². The molecule has 18 heavy (non-hydrogen) atoms. The molecule has 1 N–H and O–H groups in total. The van der Waals surface area contributed by atoms with Crippen LogP contribution in [-0.4, -0.2) is 36.1 Å². The molecule has 0 spiro atoms. The van der Waals surface area contributed by atoms with Crippen LogP contribution in [0.4, 0.5) is 0 Å². The third kappa shape index (κ3) is 3.70. The van der Waals surface area contributed by atoms with Crippen LogP contribution in [0.3, 0.4) is 0 Å². The van der Waals surface area contributed by atoms with Crippen LogP contribution in [0.15, 0.2) is 6.20 Å². The lowest BCUT2D eigenvalue weighted by Crippen LogP contribution is -2.34. The number of nitrogens with zero attached hydrogens (tertiary/aromatic N) is 2. The smallest absolute Gasteiger partial charge is 0.0821 e. The zero-order valence-corrected chi connectivity index (χ0v) is 12.7. The Morgan fingerprint density at radius 1 is 1.39 bits per heavy atom. The van der Waals surface area contributed by atoms with Gasteiger partial charge in [-0.2, -0.15) is 5.10 Å². The van der Waals surface area contributed by atoms with Gasteiger partial charge in [0.15, 0.2) is 0 Å². The second-order valence-corrected chi connectivity index (χ2v) is 5.35. The Kier molecular flexibility index (Phi) is 6.12. The molecular weight excluding hydrogens is 250 g/mol. The molecule has 4 nitrogen and oxygen atoms in total. The Hall–Kier alpha value is -0.580. The fourth-order valence-corrected chi connectivity index (χ4v) is 2.29.